The molecule has 5 nitrogen and oxygen atoms in total. The van der Waals surface area contributed by atoms with E-state index < -0.39 is 11.7 Å². The van der Waals surface area contributed by atoms with Gasteiger partial charge in [0.15, 0.2) is 0 Å². The number of rotatable bonds is 2. The lowest BCUT2D eigenvalue weighted by Crippen LogP contribution is -2.42. The smallest absolute Gasteiger partial charge is 0.410 e. The van der Waals surface area contributed by atoms with Crippen molar-refractivity contribution in [2.24, 2.45) is 0 Å². The van der Waals surface area contributed by atoms with Gasteiger partial charge >= 0.3 is 6.09 Å². The highest BCUT2D eigenvalue weighted by atomic mass is 16.6. The highest BCUT2D eigenvalue weighted by molar-refractivity contribution is 5.68. The van der Waals surface area contributed by atoms with E-state index in [-0.39, 0.29) is 12.1 Å². The standard InChI is InChI=1S/C13H24N2O3/c1-13(2,3)18-12(17)15-7-10(11(16)8-15)14(4)9-5-6-9/h9-11,16H,5-8H2,1-4H3/t10-,11-/m1/s1. The number of carbonyl (C=O) groups is 1. The molecule has 0 bridgehead atoms. The van der Waals surface area contributed by atoms with Crippen molar-refractivity contribution in [3.63, 3.8) is 0 Å². The predicted octanol–water partition coefficient (Wildman–Crippen LogP) is 1.06. The van der Waals surface area contributed by atoms with Crippen molar-refractivity contribution in [1.82, 2.24) is 9.80 Å². The molecule has 2 atom stereocenters. The summed E-state index contributed by atoms with van der Waals surface area (Å²) in [5, 5.41) is 10.1. The van der Waals surface area contributed by atoms with Crippen molar-refractivity contribution in [2.75, 3.05) is 20.1 Å². The van der Waals surface area contributed by atoms with Crippen molar-refractivity contribution in [2.45, 2.75) is 57.4 Å². The highest BCUT2D eigenvalue weighted by Gasteiger charge is 2.42. The zero-order chi connectivity index (χ0) is 13.5. The van der Waals surface area contributed by atoms with Crippen LogP contribution in [0.5, 0.6) is 0 Å². The topological polar surface area (TPSA) is 53.0 Å². The summed E-state index contributed by atoms with van der Waals surface area (Å²) in [5.41, 5.74) is -0.484. The largest absolute Gasteiger partial charge is 0.444 e. The zero-order valence-corrected chi connectivity index (χ0v) is 11.7. The molecule has 2 fully saturated rings. The minimum Gasteiger partial charge on any atom is -0.444 e. The fraction of sp³-hybridized carbons (Fsp3) is 0.923. The number of amides is 1. The second-order valence-corrected chi connectivity index (χ2v) is 6.42. The third-order valence-electron chi connectivity index (χ3n) is 3.56. The highest BCUT2D eigenvalue weighted by Crippen LogP contribution is 2.30. The number of hydrogen-bond acceptors (Lipinski definition) is 4. The maximum Gasteiger partial charge on any atom is 0.410 e. The number of aliphatic hydroxyl groups excluding tert-OH is 1. The number of aliphatic hydroxyl groups is 1. The molecule has 1 heterocycles. The minimum absolute atomic E-state index is 0.0463. The molecule has 0 radical (unpaired) electrons. The van der Waals surface area contributed by atoms with Crippen LogP contribution in [0, 0.1) is 0 Å². The summed E-state index contributed by atoms with van der Waals surface area (Å²) in [6.45, 7) is 6.49. The number of likely N-dealkylation sites (tertiary alicyclic amines) is 1. The number of hydrogen-bond donors (Lipinski definition) is 1. The van der Waals surface area contributed by atoms with E-state index in [1.165, 1.54) is 12.8 Å². The Kier molecular flexibility index (Phi) is 3.56. The van der Waals surface area contributed by atoms with Gasteiger partial charge in [-0.15, -0.1) is 0 Å². The summed E-state index contributed by atoms with van der Waals surface area (Å²) < 4.78 is 5.33. The van der Waals surface area contributed by atoms with Gasteiger partial charge in [0.05, 0.1) is 18.7 Å². The third-order valence-corrected chi connectivity index (χ3v) is 3.56. The first-order valence-corrected chi connectivity index (χ1v) is 6.66. The number of ether oxygens (including phenoxy) is 1. The predicted molar refractivity (Wildman–Crippen MR) is 68.4 cm³/mol. The van der Waals surface area contributed by atoms with Crippen molar-refractivity contribution in [3.05, 3.63) is 0 Å². The van der Waals surface area contributed by atoms with Crippen molar-refractivity contribution in [3.8, 4) is 0 Å². The molecule has 2 aliphatic rings. The van der Waals surface area contributed by atoms with Crippen LogP contribution < -0.4 is 0 Å². The lowest BCUT2D eigenvalue weighted by Gasteiger charge is -2.27. The van der Waals surface area contributed by atoms with Crippen molar-refractivity contribution >= 4 is 6.09 Å². The molecule has 1 saturated carbocycles. The van der Waals surface area contributed by atoms with E-state index in [4.69, 9.17) is 4.74 Å². The first-order chi connectivity index (χ1) is 8.28. The second kappa shape index (κ2) is 4.70. The molecule has 1 N–H and O–H groups in total. The average molecular weight is 256 g/mol. The first kappa shape index (κ1) is 13.6. The number of β-amino-alcohol motifs (C(OH)–C–C–N with tert-alkyl or cyclic N) is 1. The van der Waals surface area contributed by atoms with Crippen LogP contribution in [0.3, 0.4) is 0 Å². The van der Waals surface area contributed by atoms with Crippen LogP contribution in [0.2, 0.25) is 0 Å². The van der Waals surface area contributed by atoms with Crippen LogP contribution in [0.1, 0.15) is 33.6 Å². The van der Waals surface area contributed by atoms with Crippen LogP contribution in [-0.4, -0.2) is 64.9 Å². The van der Waals surface area contributed by atoms with E-state index in [2.05, 4.69) is 4.90 Å². The summed E-state index contributed by atoms with van der Waals surface area (Å²) in [5.74, 6) is 0. The Morgan fingerprint density at radius 1 is 1.33 bits per heavy atom. The maximum absolute atomic E-state index is 11.9. The van der Waals surface area contributed by atoms with E-state index in [0.717, 1.165) is 0 Å². The Morgan fingerprint density at radius 2 is 1.94 bits per heavy atom. The van der Waals surface area contributed by atoms with E-state index in [1.807, 2.05) is 27.8 Å². The quantitative estimate of drug-likeness (QED) is 0.802. The monoisotopic (exact) mass is 256 g/mol. The summed E-state index contributed by atoms with van der Waals surface area (Å²) in [4.78, 5) is 15.7. The van der Waals surface area contributed by atoms with Gasteiger partial charge in [-0.1, -0.05) is 0 Å². The maximum atomic E-state index is 11.9. The molecule has 1 saturated heterocycles. The summed E-state index contributed by atoms with van der Waals surface area (Å²) in [6.07, 6.45) is 1.61. The summed E-state index contributed by atoms with van der Waals surface area (Å²) >= 11 is 0. The Morgan fingerprint density at radius 3 is 2.44 bits per heavy atom. The Labute approximate surface area is 109 Å². The zero-order valence-electron chi connectivity index (χ0n) is 11.7. The average Bonchev–Trinajstić information content (AvgIpc) is 2.98. The van der Waals surface area contributed by atoms with Gasteiger partial charge in [0.1, 0.15) is 5.60 Å². The minimum atomic E-state index is -0.484. The molecule has 0 unspecified atom stereocenters. The molecule has 1 amide bonds. The molecule has 0 aromatic carbocycles. The Balaban J connectivity index is 1.91. The van der Waals surface area contributed by atoms with Crippen LogP contribution in [0.25, 0.3) is 0 Å². The van der Waals surface area contributed by atoms with Gasteiger partial charge in [0, 0.05) is 12.6 Å². The second-order valence-electron chi connectivity index (χ2n) is 6.42. The van der Waals surface area contributed by atoms with Gasteiger partial charge in [-0.25, -0.2) is 4.79 Å². The fourth-order valence-electron chi connectivity index (χ4n) is 2.40. The molecule has 5 heteroatoms. The first-order valence-electron chi connectivity index (χ1n) is 6.66. The molecule has 1 aliphatic heterocycles. The molecular weight excluding hydrogens is 232 g/mol. The Hall–Kier alpha value is -0.810. The summed E-state index contributed by atoms with van der Waals surface area (Å²) in [7, 11) is 2.03. The van der Waals surface area contributed by atoms with Crippen molar-refractivity contribution < 1.29 is 14.6 Å². The lowest BCUT2D eigenvalue weighted by atomic mass is 10.2. The molecule has 104 valence electrons. The van der Waals surface area contributed by atoms with Gasteiger partial charge in [0.2, 0.25) is 0 Å². The van der Waals surface area contributed by atoms with Gasteiger partial charge < -0.3 is 14.7 Å². The number of carbonyl (C=O) groups excluding carboxylic acids is 1. The van der Waals surface area contributed by atoms with Crippen molar-refractivity contribution in [1.29, 1.82) is 0 Å². The van der Waals surface area contributed by atoms with E-state index in [1.54, 1.807) is 4.90 Å². The van der Waals surface area contributed by atoms with Gasteiger partial charge in [-0.3, -0.25) is 4.90 Å². The van der Waals surface area contributed by atoms with E-state index in [9.17, 15) is 9.90 Å². The third kappa shape index (κ3) is 3.14. The molecule has 0 aromatic rings. The fourth-order valence-corrected chi connectivity index (χ4v) is 2.40. The summed E-state index contributed by atoms with van der Waals surface area (Å²) in [6, 6.07) is 0.633. The lowest BCUT2D eigenvalue weighted by molar-refractivity contribution is 0.0269. The van der Waals surface area contributed by atoms with E-state index in [0.29, 0.717) is 19.1 Å². The Bertz CT molecular complexity index is 323. The van der Waals surface area contributed by atoms with Crippen LogP contribution in [-0.2, 0) is 4.74 Å². The molecule has 0 aromatic heterocycles. The number of nitrogens with zero attached hydrogens (tertiary/aromatic N) is 2. The SMILES string of the molecule is CN(C1CC1)[C@@H]1CN(C(=O)OC(C)(C)C)C[C@H]1O. The molecule has 1 aliphatic carbocycles. The van der Waals surface area contributed by atoms with Crippen LogP contribution in [0.4, 0.5) is 4.79 Å². The molecule has 0 spiro atoms. The molecule has 18 heavy (non-hydrogen) atoms. The van der Waals surface area contributed by atoms with Crippen LogP contribution in [0.15, 0.2) is 0 Å². The van der Waals surface area contributed by atoms with Crippen LogP contribution >= 0.6 is 0 Å². The molecular formula is C13H24N2O3. The molecule has 2 rings (SSSR count). The normalized spacial score (nSPS) is 28.9. The number of likely N-dealkylation sites (N-methyl/N-ethyl adjacent to an activating group) is 1. The van der Waals surface area contributed by atoms with Gasteiger partial charge in [-0.05, 0) is 40.7 Å². The van der Waals surface area contributed by atoms with Gasteiger partial charge in [-0.2, -0.15) is 0 Å². The van der Waals surface area contributed by atoms with E-state index >= 15 is 0 Å². The van der Waals surface area contributed by atoms with Gasteiger partial charge in [0.25, 0.3) is 0 Å².